The van der Waals surface area contributed by atoms with Gasteiger partial charge in [-0.1, -0.05) is 18.2 Å². The number of hydrogen-bond donors (Lipinski definition) is 2. The number of pyridine rings is 1. The summed E-state index contributed by atoms with van der Waals surface area (Å²) >= 11 is 0. The first-order chi connectivity index (χ1) is 13.7. The molecule has 0 radical (unpaired) electrons. The number of rotatable bonds is 6. The highest BCUT2D eigenvalue weighted by atomic mass is 16.7. The lowest BCUT2D eigenvalue weighted by Gasteiger charge is -2.11. The van der Waals surface area contributed by atoms with Gasteiger partial charge in [-0.3, -0.25) is 9.78 Å². The van der Waals surface area contributed by atoms with E-state index >= 15 is 0 Å². The molecule has 1 aliphatic heterocycles. The average Bonchev–Trinajstić information content (AvgIpc) is 3.20. The minimum atomic E-state index is -0.214. The predicted octanol–water partition coefficient (Wildman–Crippen LogP) is 3.49. The minimum absolute atomic E-state index is 0.214. The Hall–Kier alpha value is -3.74. The van der Waals surface area contributed by atoms with Crippen molar-refractivity contribution in [2.45, 2.75) is 6.54 Å². The van der Waals surface area contributed by atoms with Crippen molar-refractivity contribution in [3.8, 4) is 17.2 Å². The van der Waals surface area contributed by atoms with Gasteiger partial charge < -0.3 is 24.8 Å². The third kappa shape index (κ3) is 3.83. The summed E-state index contributed by atoms with van der Waals surface area (Å²) in [6, 6.07) is 14.9. The molecule has 0 fully saturated rings. The molecule has 0 aliphatic carbocycles. The highest BCUT2D eigenvalue weighted by molar-refractivity contribution is 5.94. The number of nitrogens with one attached hydrogen (secondary N) is 2. The van der Waals surface area contributed by atoms with Gasteiger partial charge in [0.2, 0.25) is 6.79 Å². The number of carbonyl (C=O) groups excluding carboxylic acids is 1. The highest BCUT2D eigenvalue weighted by Gasteiger charge is 2.14. The fourth-order valence-electron chi connectivity index (χ4n) is 2.87. The zero-order valence-corrected chi connectivity index (χ0v) is 15.3. The Morgan fingerprint density at radius 3 is 2.86 bits per heavy atom. The van der Waals surface area contributed by atoms with Gasteiger partial charge in [-0.15, -0.1) is 0 Å². The van der Waals surface area contributed by atoms with Gasteiger partial charge in [-0.25, -0.2) is 0 Å². The van der Waals surface area contributed by atoms with Crippen LogP contribution < -0.4 is 24.8 Å². The Bertz CT molecular complexity index is 1010. The largest absolute Gasteiger partial charge is 0.495 e. The first-order valence-electron chi connectivity index (χ1n) is 8.75. The van der Waals surface area contributed by atoms with Crippen LogP contribution in [0, 0.1) is 0 Å². The van der Waals surface area contributed by atoms with Crippen LogP contribution in [0.25, 0.3) is 0 Å². The number of methoxy groups -OCH3 is 1. The Kier molecular flexibility index (Phi) is 4.97. The number of para-hydroxylation sites is 2. The van der Waals surface area contributed by atoms with Crippen LogP contribution in [0.2, 0.25) is 0 Å². The molecule has 1 aromatic heterocycles. The molecule has 0 unspecified atom stereocenters. The van der Waals surface area contributed by atoms with Gasteiger partial charge in [-0.2, -0.15) is 0 Å². The van der Waals surface area contributed by atoms with E-state index in [0.29, 0.717) is 29.3 Å². The van der Waals surface area contributed by atoms with E-state index in [1.54, 1.807) is 19.4 Å². The number of nitrogens with zero attached hydrogens (tertiary/aromatic N) is 1. The van der Waals surface area contributed by atoms with E-state index in [9.17, 15) is 4.79 Å². The molecule has 2 N–H and O–H groups in total. The number of amides is 1. The van der Waals surface area contributed by atoms with Crippen LogP contribution in [-0.4, -0.2) is 24.8 Å². The Labute approximate surface area is 162 Å². The second-order valence-electron chi connectivity index (χ2n) is 6.16. The molecule has 1 amide bonds. The van der Waals surface area contributed by atoms with E-state index < -0.39 is 0 Å². The van der Waals surface area contributed by atoms with Crippen molar-refractivity contribution in [1.29, 1.82) is 0 Å². The number of anilines is 2. The zero-order chi connectivity index (χ0) is 19.3. The van der Waals surface area contributed by atoms with Gasteiger partial charge in [0.05, 0.1) is 30.2 Å². The molecule has 142 valence electrons. The third-order valence-electron chi connectivity index (χ3n) is 4.28. The summed E-state index contributed by atoms with van der Waals surface area (Å²) in [5, 5.41) is 6.12. The molecule has 0 atom stereocenters. The molecule has 1 aliphatic rings. The molecular weight excluding hydrogens is 358 g/mol. The highest BCUT2D eigenvalue weighted by Crippen LogP contribution is 2.32. The predicted molar refractivity (Wildman–Crippen MR) is 104 cm³/mol. The van der Waals surface area contributed by atoms with E-state index in [4.69, 9.17) is 14.2 Å². The number of fused-ring (bicyclic) bond motifs is 1. The van der Waals surface area contributed by atoms with Crippen molar-refractivity contribution in [2.75, 3.05) is 19.2 Å². The lowest BCUT2D eigenvalue weighted by molar-refractivity contribution is 0.0950. The van der Waals surface area contributed by atoms with Crippen LogP contribution in [0.1, 0.15) is 15.9 Å². The SMILES string of the molecule is COc1ccccc1Nc1cncc(C(=O)NCc2ccc3c(c2)OCO3)c1. The van der Waals surface area contributed by atoms with Crippen LogP contribution in [0.3, 0.4) is 0 Å². The van der Waals surface area contributed by atoms with Crippen molar-refractivity contribution in [1.82, 2.24) is 10.3 Å². The summed E-state index contributed by atoms with van der Waals surface area (Å²) in [6.07, 6.45) is 3.18. The molecule has 0 spiro atoms. The van der Waals surface area contributed by atoms with Crippen molar-refractivity contribution >= 4 is 17.3 Å². The molecule has 2 aromatic carbocycles. The van der Waals surface area contributed by atoms with Gasteiger partial charge in [0.15, 0.2) is 11.5 Å². The molecule has 0 bridgehead atoms. The van der Waals surface area contributed by atoms with Gasteiger partial charge >= 0.3 is 0 Å². The van der Waals surface area contributed by atoms with Crippen molar-refractivity contribution in [2.24, 2.45) is 0 Å². The summed E-state index contributed by atoms with van der Waals surface area (Å²) in [6.45, 7) is 0.600. The van der Waals surface area contributed by atoms with E-state index in [0.717, 1.165) is 17.0 Å². The number of benzene rings is 2. The molecular formula is C21H19N3O4. The maximum Gasteiger partial charge on any atom is 0.253 e. The van der Waals surface area contributed by atoms with Crippen molar-refractivity contribution < 1.29 is 19.0 Å². The average molecular weight is 377 g/mol. The second kappa shape index (κ2) is 7.87. The van der Waals surface area contributed by atoms with E-state index in [2.05, 4.69) is 15.6 Å². The first kappa shape index (κ1) is 17.7. The Morgan fingerprint density at radius 2 is 1.96 bits per heavy atom. The van der Waals surface area contributed by atoms with Gasteiger partial charge in [0, 0.05) is 12.7 Å². The quantitative estimate of drug-likeness (QED) is 0.684. The van der Waals surface area contributed by atoms with Crippen LogP contribution in [0.15, 0.2) is 60.9 Å². The lowest BCUT2D eigenvalue weighted by Crippen LogP contribution is -2.23. The summed E-state index contributed by atoms with van der Waals surface area (Å²) in [5.74, 6) is 1.90. The number of hydrogen-bond acceptors (Lipinski definition) is 6. The summed E-state index contributed by atoms with van der Waals surface area (Å²) in [7, 11) is 1.61. The lowest BCUT2D eigenvalue weighted by atomic mass is 10.2. The summed E-state index contributed by atoms with van der Waals surface area (Å²) in [4.78, 5) is 16.7. The van der Waals surface area contributed by atoms with Gasteiger partial charge in [0.25, 0.3) is 5.91 Å². The second-order valence-corrected chi connectivity index (χ2v) is 6.16. The molecule has 4 rings (SSSR count). The number of aromatic nitrogens is 1. The van der Waals surface area contributed by atoms with Gasteiger partial charge in [0.1, 0.15) is 5.75 Å². The molecule has 3 aromatic rings. The molecule has 0 saturated heterocycles. The van der Waals surface area contributed by atoms with Gasteiger partial charge in [-0.05, 0) is 35.9 Å². The molecule has 7 heteroatoms. The molecule has 2 heterocycles. The summed E-state index contributed by atoms with van der Waals surface area (Å²) < 4.78 is 16.0. The maximum absolute atomic E-state index is 12.5. The Balaban J connectivity index is 1.43. The standard InChI is InChI=1S/C21H19N3O4/c1-26-18-5-3-2-4-17(18)24-16-9-15(11-22-12-16)21(25)23-10-14-6-7-19-20(8-14)28-13-27-19/h2-9,11-12,24H,10,13H2,1H3,(H,23,25). The maximum atomic E-state index is 12.5. The van der Waals surface area contributed by atoms with Crippen molar-refractivity contribution in [3.63, 3.8) is 0 Å². The normalized spacial score (nSPS) is 11.8. The number of ether oxygens (including phenoxy) is 3. The van der Waals surface area contributed by atoms with E-state index in [1.165, 1.54) is 6.20 Å². The fraction of sp³-hybridized carbons (Fsp3) is 0.143. The van der Waals surface area contributed by atoms with E-state index in [1.807, 2.05) is 42.5 Å². The van der Waals surface area contributed by atoms with E-state index in [-0.39, 0.29) is 12.7 Å². The van der Waals surface area contributed by atoms with Crippen LogP contribution in [0.5, 0.6) is 17.2 Å². The molecule has 7 nitrogen and oxygen atoms in total. The number of carbonyl (C=O) groups is 1. The monoisotopic (exact) mass is 377 g/mol. The van der Waals surface area contributed by atoms with Crippen molar-refractivity contribution in [3.05, 3.63) is 72.1 Å². The first-order valence-corrected chi connectivity index (χ1v) is 8.75. The molecule has 0 saturated carbocycles. The van der Waals surface area contributed by atoms with Crippen LogP contribution in [0.4, 0.5) is 11.4 Å². The smallest absolute Gasteiger partial charge is 0.253 e. The Morgan fingerprint density at radius 1 is 1.11 bits per heavy atom. The molecule has 28 heavy (non-hydrogen) atoms. The minimum Gasteiger partial charge on any atom is -0.495 e. The third-order valence-corrected chi connectivity index (χ3v) is 4.28. The zero-order valence-electron chi connectivity index (χ0n) is 15.3. The topological polar surface area (TPSA) is 81.7 Å². The van der Waals surface area contributed by atoms with Crippen LogP contribution in [-0.2, 0) is 6.54 Å². The van der Waals surface area contributed by atoms with Crippen LogP contribution >= 0.6 is 0 Å². The summed E-state index contributed by atoms with van der Waals surface area (Å²) in [5.41, 5.74) is 2.87. The fourth-order valence-corrected chi connectivity index (χ4v) is 2.87.